The van der Waals surface area contributed by atoms with Crippen molar-refractivity contribution >= 4 is 15.0 Å². The number of aryl methyl sites for hydroxylation is 1. The van der Waals surface area contributed by atoms with E-state index in [0.717, 1.165) is 6.61 Å². The van der Waals surface area contributed by atoms with Crippen LogP contribution in [0.1, 0.15) is 30.4 Å². The van der Waals surface area contributed by atoms with Gasteiger partial charge in [0.15, 0.2) is 0 Å². The van der Waals surface area contributed by atoms with Crippen molar-refractivity contribution in [2.45, 2.75) is 36.5 Å². The van der Waals surface area contributed by atoms with Gasteiger partial charge in [0.25, 0.3) is 0 Å². The zero-order valence-electron chi connectivity index (χ0n) is 9.24. The molecule has 0 saturated carbocycles. The number of hydrogen-bond donors (Lipinski definition) is 0. The molecule has 0 amide bonds. The Balaban J connectivity index is 1.79. The van der Waals surface area contributed by atoms with Gasteiger partial charge in [-0.25, -0.2) is 0 Å². The van der Waals surface area contributed by atoms with Crippen molar-refractivity contribution in [1.82, 2.24) is 0 Å². The fourth-order valence-electron chi connectivity index (χ4n) is 1.72. The topological polar surface area (TPSA) is 9.23 Å². The molecule has 1 aromatic rings. The minimum absolute atomic E-state index is 0.576. The molecule has 2 rings (SSSR count). The van der Waals surface area contributed by atoms with E-state index >= 15 is 0 Å². The molecule has 0 N–H and O–H groups in total. The third kappa shape index (κ3) is 3.64. The van der Waals surface area contributed by atoms with Crippen molar-refractivity contribution in [3.05, 3.63) is 35.4 Å². The van der Waals surface area contributed by atoms with Crippen LogP contribution in [0.4, 0.5) is 0 Å². The van der Waals surface area contributed by atoms with Gasteiger partial charge in [-0.1, -0.05) is 0 Å². The summed E-state index contributed by atoms with van der Waals surface area (Å²) in [5, 5.41) is 1.80. The van der Waals surface area contributed by atoms with Gasteiger partial charge in [0.2, 0.25) is 0 Å². The van der Waals surface area contributed by atoms with Gasteiger partial charge in [0.1, 0.15) is 0 Å². The van der Waals surface area contributed by atoms with Gasteiger partial charge in [-0.3, -0.25) is 0 Å². The van der Waals surface area contributed by atoms with Crippen LogP contribution in [0.15, 0.2) is 24.3 Å². The van der Waals surface area contributed by atoms with Crippen LogP contribution in [0.3, 0.4) is 0 Å². The molecule has 1 aliphatic heterocycles. The third-order valence-electron chi connectivity index (χ3n) is 2.69. The summed E-state index contributed by atoms with van der Waals surface area (Å²) in [6.45, 7) is 3.12. The van der Waals surface area contributed by atoms with E-state index in [9.17, 15) is 0 Å². The average Bonchev–Trinajstić information content (AvgIpc) is 2.30. The molecule has 0 aromatic heterocycles. The van der Waals surface area contributed by atoms with Crippen LogP contribution in [0, 0.1) is 6.92 Å². The van der Waals surface area contributed by atoms with E-state index in [1.807, 2.05) is 0 Å². The Kier molecular flexibility index (Phi) is 4.25. The molecule has 82 valence electrons. The normalized spacial score (nSPS) is 21.5. The summed E-state index contributed by atoms with van der Waals surface area (Å²) in [4.78, 5) is 0. The van der Waals surface area contributed by atoms with Gasteiger partial charge in [0.05, 0.1) is 0 Å². The Morgan fingerprint density at radius 3 is 2.73 bits per heavy atom. The van der Waals surface area contributed by atoms with Crippen LogP contribution >= 0.6 is 0 Å². The molecule has 1 aromatic carbocycles. The summed E-state index contributed by atoms with van der Waals surface area (Å²) >= 11 is 0.621. The molecule has 1 atom stereocenters. The molecule has 15 heavy (non-hydrogen) atoms. The first kappa shape index (κ1) is 11.2. The second-order valence-electron chi connectivity index (χ2n) is 4.09. The molecule has 1 fully saturated rings. The second kappa shape index (κ2) is 5.69. The number of rotatable bonds is 3. The molecular weight excluding hydrogens is 251 g/mol. The average molecular weight is 269 g/mol. The molecule has 1 aliphatic rings. The molecule has 2 heteroatoms. The molecule has 1 nitrogen and oxygen atoms in total. The fraction of sp³-hybridized carbons (Fsp3) is 0.538. The van der Waals surface area contributed by atoms with E-state index in [2.05, 4.69) is 31.2 Å². The van der Waals surface area contributed by atoms with Crippen LogP contribution in [0.25, 0.3) is 0 Å². The van der Waals surface area contributed by atoms with Crippen molar-refractivity contribution in [3.8, 4) is 0 Å². The van der Waals surface area contributed by atoms with Gasteiger partial charge < -0.3 is 0 Å². The number of benzene rings is 1. The first-order chi connectivity index (χ1) is 7.34. The summed E-state index contributed by atoms with van der Waals surface area (Å²) in [5.74, 6) is 0. The molecule has 1 saturated heterocycles. The molecule has 1 unspecified atom stereocenters. The standard InChI is InChI=1S/C13H18OSe/c1-11-5-7-12(8-6-11)10-15-13-4-2-3-9-14-13/h5-8,13H,2-4,9-10H2,1H3. The van der Waals surface area contributed by atoms with E-state index in [4.69, 9.17) is 4.74 Å². The van der Waals surface area contributed by atoms with Crippen LogP contribution < -0.4 is 0 Å². The van der Waals surface area contributed by atoms with Crippen molar-refractivity contribution in [1.29, 1.82) is 0 Å². The monoisotopic (exact) mass is 270 g/mol. The summed E-state index contributed by atoms with van der Waals surface area (Å²) < 4.78 is 5.75. The number of ether oxygens (including phenoxy) is 1. The maximum absolute atomic E-state index is 5.75. The SMILES string of the molecule is Cc1ccc(C[Se]C2CCCCO2)cc1. The number of hydrogen-bond acceptors (Lipinski definition) is 1. The van der Waals surface area contributed by atoms with E-state index in [0.29, 0.717) is 20.0 Å². The van der Waals surface area contributed by atoms with Crippen molar-refractivity contribution in [2.75, 3.05) is 6.61 Å². The Bertz CT molecular complexity index is 288. The predicted octanol–water partition coefficient (Wildman–Crippen LogP) is 2.73. The first-order valence-corrected chi connectivity index (χ1v) is 7.83. The van der Waals surface area contributed by atoms with Gasteiger partial charge in [-0.2, -0.15) is 0 Å². The zero-order valence-corrected chi connectivity index (χ0v) is 11.0. The van der Waals surface area contributed by atoms with Gasteiger partial charge in [-0.15, -0.1) is 0 Å². The molecular formula is C13H18OSe. The van der Waals surface area contributed by atoms with Crippen LogP contribution in [-0.4, -0.2) is 26.6 Å². The molecule has 0 bridgehead atoms. The fourth-order valence-corrected chi connectivity index (χ4v) is 4.02. The summed E-state index contributed by atoms with van der Waals surface area (Å²) in [6, 6.07) is 8.90. The second-order valence-corrected chi connectivity index (χ2v) is 6.50. The van der Waals surface area contributed by atoms with E-state index in [1.54, 1.807) is 0 Å². The summed E-state index contributed by atoms with van der Waals surface area (Å²) in [7, 11) is 0. The summed E-state index contributed by atoms with van der Waals surface area (Å²) in [6.07, 6.45) is 3.91. The Hall–Kier alpha value is -0.301. The maximum atomic E-state index is 5.75. The van der Waals surface area contributed by atoms with Crippen molar-refractivity contribution in [3.63, 3.8) is 0 Å². The first-order valence-electron chi connectivity index (χ1n) is 5.63. The molecule has 1 heterocycles. The van der Waals surface area contributed by atoms with Gasteiger partial charge in [0, 0.05) is 0 Å². The summed E-state index contributed by atoms with van der Waals surface area (Å²) in [5.41, 5.74) is 2.81. The quantitative estimate of drug-likeness (QED) is 0.767. The van der Waals surface area contributed by atoms with E-state index in [-0.39, 0.29) is 0 Å². The Morgan fingerprint density at radius 2 is 2.07 bits per heavy atom. The molecule has 0 radical (unpaired) electrons. The van der Waals surface area contributed by atoms with Crippen LogP contribution in [0.5, 0.6) is 0 Å². The predicted molar refractivity (Wildman–Crippen MR) is 64.2 cm³/mol. The van der Waals surface area contributed by atoms with Crippen molar-refractivity contribution in [2.24, 2.45) is 0 Å². The van der Waals surface area contributed by atoms with Crippen molar-refractivity contribution < 1.29 is 4.74 Å². The molecule has 0 aliphatic carbocycles. The van der Waals surface area contributed by atoms with Crippen LogP contribution in [-0.2, 0) is 10.1 Å². The Labute approximate surface area is 98.4 Å². The minimum atomic E-state index is 0.576. The van der Waals surface area contributed by atoms with Gasteiger partial charge in [-0.05, 0) is 0 Å². The zero-order chi connectivity index (χ0) is 10.5. The van der Waals surface area contributed by atoms with Gasteiger partial charge >= 0.3 is 98.2 Å². The van der Waals surface area contributed by atoms with E-state index < -0.39 is 0 Å². The Morgan fingerprint density at radius 1 is 1.27 bits per heavy atom. The van der Waals surface area contributed by atoms with Crippen LogP contribution in [0.2, 0.25) is 0 Å². The van der Waals surface area contributed by atoms with E-state index in [1.165, 1.54) is 35.7 Å². The third-order valence-corrected chi connectivity index (χ3v) is 5.30. The molecule has 0 spiro atoms.